The lowest BCUT2D eigenvalue weighted by molar-refractivity contribution is -0.137. The molecule has 1 aliphatic carbocycles. The number of methoxy groups -OCH3 is 2. The molecule has 1 saturated carbocycles. The summed E-state index contributed by atoms with van der Waals surface area (Å²) in [7, 11) is 4.83. The summed E-state index contributed by atoms with van der Waals surface area (Å²) in [6.07, 6.45) is 1.93. The van der Waals surface area contributed by atoms with Gasteiger partial charge in [-0.1, -0.05) is 0 Å². The zero-order valence-electron chi connectivity index (χ0n) is 22.8. The van der Waals surface area contributed by atoms with Crippen molar-refractivity contribution in [2.45, 2.75) is 31.6 Å². The molecule has 0 aliphatic heterocycles. The molecule has 1 unspecified atom stereocenters. The van der Waals surface area contributed by atoms with E-state index in [9.17, 15) is 18.0 Å². The third-order valence-electron chi connectivity index (χ3n) is 7.18. The molecular weight excluding hydrogens is 535 g/mol. The van der Waals surface area contributed by atoms with E-state index in [2.05, 4.69) is 10.3 Å². The standard InChI is InChI=1S/C30H30F3N5O3/c1-37-9-10-38(29(37)34)17-18-11-20(27-25(30(31,32)33)5-4-8-35-27)13-22(12-18)28(39)36-26(19-6-7-19)21-14-23(40-2)16-24(15-21)41-3/h4-5,8-16,19,26,34H,6-7,17H2,1-3H3,(H,36,39). The number of halogens is 3. The highest BCUT2D eigenvalue weighted by Gasteiger charge is 2.36. The molecule has 0 saturated heterocycles. The Labute approximate surface area is 234 Å². The second kappa shape index (κ2) is 11.1. The van der Waals surface area contributed by atoms with E-state index >= 15 is 0 Å². The maximum Gasteiger partial charge on any atom is 0.418 e. The molecule has 1 atom stereocenters. The molecular formula is C30H30F3N5O3. The van der Waals surface area contributed by atoms with Crippen LogP contribution in [0, 0.1) is 11.3 Å². The molecule has 8 nitrogen and oxygen atoms in total. The second-order valence-corrected chi connectivity index (χ2v) is 10.1. The van der Waals surface area contributed by atoms with Crippen LogP contribution >= 0.6 is 0 Å². The minimum atomic E-state index is -4.63. The highest BCUT2D eigenvalue weighted by atomic mass is 19.4. The Bertz CT molecular complexity index is 1620. The van der Waals surface area contributed by atoms with Gasteiger partial charge in [0.1, 0.15) is 11.5 Å². The molecule has 214 valence electrons. The van der Waals surface area contributed by atoms with Crippen molar-refractivity contribution in [3.05, 3.63) is 95.0 Å². The number of carbonyl (C=O) groups excluding carboxylic acids is 1. The van der Waals surface area contributed by atoms with Crippen molar-refractivity contribution >= 4 is 5.91 Å². The molecule has 2 aromatic heterocycles. The predicted molar refractivity (Wildman–Crippen MR) is 146 cm³/mol. The molecule has 41 heavy (non-hydrogen) atoms. The van der Waals surface area contributed by atoms with Gasteiger partial charge in [0.15, 0.2) is 0 Å². The van der Waals surface area contributed by atoms with Crippen molar-refractivity contribution in [3.63, 3.8) is 0 Å². The normalized spacial score (nSPS) is 14.0. The van der Waals surface area contributed by atoms with Crippen molar-refractivity contribution < 1.29 is 27.4 Å². The summed E-state index contributed by atoms with van der Waals surface area (Å²) in [4.78, 5) is 17.8. The Morgan fingerprint density at radius 1 is 1.10 bits per heavy atom. The third-order valence-corrected chi connectivity index (χ3v) is 7.18. The molecule has 2 heterocycles. The average molecular weight is 566 g/mol. The lowest BCUT2D eigenvalue weighted by atomic mass is 9.98. The first-order valence-corrected chi connectivity index (χ1v) is 13.0. The summed E-state index contributed by atoms with van der Waals surface area (Å²) in [6.45, 7) is 0.182. The van der Waals surface area contributed by atoms with E-state index in [-0.39, 0.29) is 40.9 Å². The van der Waals surface area contributed by atoms with Crippen molar-refractivity contribution in [1.82, 2.24) is 19.4 Å². The van der Waals surface area contributed by atoms with E-state index in [1.165, 1.54) is 18.3 Å². The van der Waals surface area contributed by atoms with Crippen LogP contribution in [0.25, 0.3) is 11.3 Å². The lowest BCUT2D eigenvalue weighted by Crippen LogP contribution is -2.30. The van der Waals surface area contributed by atoms with Gasteiger partial charge in [-0.25, -0.2) is 0 Å². The number of nitrogens with zero attached hydrogens (tertiary/aromatic N) is 3. The fraction of sp³-hybridized carbons (Fsp3) is 0.300. The first-order valence-electron chi connectivity index (χ1n) is 13.0. The molecule has 1 aliphatic rings. The van der Waals surface area contributed by atoms with E-state index in [4.69, 9.17) is 14.9 Å². The molecule has 0 radical (unpaired) electrons. The van der Waals surface area contributed by atoms with Crippen LogP contribution in [0.3, 0.4) is 0 Å². The molecule has 1 fully saturated rings. The van der Waals surface area contributed by atoms with E-state index in [1.54, 1.807) is 61.0 Å². The van der Waals surface area contributed by atoms with Crippen molar-refractivity contribution in [2.24, 2.45) is 13.0 Å². The van der Waals surface area contributed by atoms with Gasteiger partial charge in [-0.05, 0) is 72.4 Å². The second-order valence-electron chi connectivity index (χ2n) is 10.1. The SMILES string of the molecule is COc1cc(OC)cc(C(NC(=O)c2cc(Cn3ccn(C)c3=N)cc(-c3ncccc3C(F)(F)F)c2)C2CC2)c1. The van der Waals surface area contributed by atoms with E-state index in [0.29, 0.717) is 17.1 Å². The number of alkyl halides is 3. The van der Waals surface area contributed by atoms with Crippen LogP contribution in [0.4, 0.5) is 13.2 Å². The Hall–Kier alpha value is -4.54. The number of benzene rings is 2. The molecule has 0 spiro atoms. The van der Waals surface area contributed by atoms with Crippen LogP contribution in [0.2, 0.25) is 0 Å². The van der Waals surface area contributed by atoms with Crippen LogP contribution < -0.4 is 20.4 Å². The van der Waals surface area contributed by atoms with E-state index in [0.717, 1.165) is 24.5 Å². The van der Waals surface area contributed by atoms with E-state index < -0.39 is 17.6 Å². The summed E-state index contributed by atoms with van der Waals surface area (Å²) in [5.74, 6) is 0.950. The third kappa shape index (κ3) is 6.13. The number of aromatic nitrogens is 3. The number of amides is 1. The smallest absolute Gasteiger partial charge is 0.418 e. The topological polar surface area (TPSA) is 94.2 Å². The summed E-state index contributed by atoms with van der Waals surface area (Å²) in [5, 5.41) is 11.4. The molecule has 1 amide bonds. The number of hydrogen-bond donors (Lipinski definition) is 2. The number of pyridine rings is 1. The number of aryl methyl sites for hydroxylation is 1. The van der Waals surface area contributed by atoms with Gasteiger partial charge in [0, 0.05) is 42.8 Å². The van der Waals surface area contributed by atoms with Crippen molar-refractivity contribution in [3.8, 4) is 22.8 Å². The Balaban J connectivity index is 1.56. The number of imidazole rings is 1. The number of carbonyl (C=O) groups is 1. The molecule has 2 N–H and O–H groups in total. The highest BCUT2D eigenvalue weighted by Crippen LogP contribution is 2.43. The van der Waals surface area contributed by atoms with Gasteiger partial charge >= 0.3 is 6.18 Å². The van der Waals surface area contributed by atoms with Crippen LogP contribution in [0.15, 0.2) is 67.1 Å². The van der Waals surface area contributed by atoms with Gasteiger partial charge < -0.3 is 23.9 Å². The molecule has 2 aromatic carbocycles. The molecule has 0 bridgehead atoms. The van der Waals surface area contributed by atoms with Crippen LogP contribution in [-0.4, -0.2) is 34.2 Å². The van der Waals surface area contributed by atoms with Crippen LogP contribution in [-0.2, 0) is 19.8 Å². The fourth-order valence-electron chi connectivity index (χ4n) is 4.90. The first kappa shape index (κ1) is 28.0. The van der Waals surface area contributed by atoms with Gasteiger partial charge in [0.2, 0.25) is 5.62 Å². The van der Waals surface area contributed by atoms with Crippen LogP contribution in [0.5, 0.6) is 11.5 Å². The maximum atomic E-state index is 13.9. The minimum absolute atomic E-state index is 0.162. The molecule has 11 heteroatoms. The van der Waals surface area contributed by atoms with Gasteiger partial charge in [-0.3, -0.25) is 15.2 Å². The zero-order valence-corrected chi connectivity index (χ0v) is 22.8. The monoisotopic (exact) mass is 565 g/mol. The number of nitrogens with one attached hydrogen (secondary N) is 2. The van der Waals surface area contributed by atoms with Gasteiger partial charge in [-0.2, -0.15) is 13.2 Å². The summed E-state index contributed by atoms with van der Waals surface area (Å²) in [6, 6.07) is 12.0. The largest absolute Gasteiger partial charge is 0.497 e. The quantitative estimate of drug-likeness (QED) is 0.287. The van der Waals surface area contributed by atoms with Gasteiger partial charge in [-0.15, -0.1) is 0 Å². The number of hydrogen-bond acceptors (Lipinski definition) is 5. The van der Waals surface area contributed by atoms with E-state index in [1.807, 2.05) is 12.1 Å². The average Bonchev–Trinajstić information content (AvgIpc) is 3.76. The maximum absolute atomic E-state index is 13.9. The fourth-order valence-corrected chi connectivity index (χ4v) is 4.90. The Kier molecular flexibility index (Phi) is 7.61. The van der Waals surface area contributed by atoms with Crippen molar-refractivity contribution in [1.29, 1.82) is 5.41 Å². The summed E-state index contributed by atoms with van der Waals surface area (Å²) < 4.78 is 55.8. The highest BCUT2D eigenvalue weighted by molar-refractivity contribution is 5.96. The first-order chi connectivity index (χ1) is 19.6. The van der Waals surface area contributed by atoms with Crippen molar-refractivity contribution in [2.75, 3.05) is 14.2 Å². The van der Waals surface area contributed by atoms with Gasteiger partial charge in [0.05, 0.1) is 38.1 Å². The Morgan fingerprint density at radius 3 is 2.39 bits per heavy atom. The molecule has 5 rings (SSSR count). The summed E-state index contributed by atoms with van der Waals surface area (Å²) >= 11 is 0. The zero-order chi connectivity index (χ0) is 29.3. The minimum Gasteiger partial charge on any atom is -0.497 e. The Morgan fingerprint density at radius 2 is 1.80 bits per heavy atom. The number of ether oxygens (including phenoxy) is 2. The van der Waals surface area contributed by atoms with Crippen LogP contribution in [0.1, 0.15) is 45.9 Å². The number of rotatable bonds is 9. The summed E-state index contributed by atoms with van der Waals surface area (Å²) in [5.41, 5.74) is 0.775. The molecule has 4 aromatic rings. The lowest BCUT2D eigenvalue weighted by Gasteiger charge is -2.21. The predicted octanol–water partition coefficient (Wildman–Crippen LogP) is 5.33. The van der Waals surface area contributed by atoms with Gasteiger partial charge in [0.25, 0.3) is 5.91 Å².